The van der Waals surface area contributed by atoms with E-state index < -0.39 is 19.1 Å². The summed E-state index contributed by atoms with van der Waals surface area (Å²) in [6, 6.07) is 12.3. The number of benzene rings is 2. The Morgan fingerprint density at radius 2 is 1.97 bits per heavy atom. The molecule has 0 aromatic heterocycles. The maximum absolute atomic E-state index is 12.5. The van der Waals surface area contributed by atoms with Crippen molar-refractivity contribution in [3.8, 4) is 11.5 Å². The molecule has 4 N–H and O–H groups in total. The molecule has 1 saturated heterocycles. The van der Waals surface area contributed by atoms with Gasteiger partial charge in [0.25, 0.3) is 0 Å². The summed E-state index contributed by atoms with van der Waals surface area (Å²) in [4.78, 5) is 25.9. The van der Waals surface area contributed by atoms with Crippen LogP contribution in [0.3, 0.4) is 0 Å². The summed E-state index contributed by atoms with van der Waals surface area (Å²) in [5.74, 6) is -1.03. The van der Waals surface area contributed by atoms with Gasteiger partial charge in [-0.25, -0.2) is 4.79 Å². The molecule has 9 heteroatoms. The molecular formula is C21H23BN2O6. The largest absolute Gasteiger partial charge is 0.535 e. The number of amides is 1. The quantitative estimate of drug-likeness (QED) is 0.607. The van der Waals surface area contributed by atoms with E-state index in [1.807, 2.05) is 30.3 Å². The van der Waals surface area contributed by atoms with Crippen molar-refractivity contribution in [1.29, 1.82) is 0 Å². The van der Waals surface area contributed by atoms with E-state index in [4.69, 9.17) is 15.1 Å². The molecule has 1 fully saturated rings. The van der Waals surface area contributed by atoms with Crippen LogP contribution in [-0.2, 0) is 17.6 Å². The zero-order valence-corrected chi connectivity index (χ0v) is 16.4. The molecule has 2 aromatic rings. The Balaban J connectivity index is 1.38. The molecule has 1 unspecified atom stereocenters. The van der Waals surface area contributed by atoms with Crippen molar-refractivity contribution in [2.45, 2.75) is 31.3 Å². The van der Waals surface area contributed by atoms with Gasteiger partial charge in [0.1, 0.15) is 23.2 Å². The second-order valence-corrected chi connectivity index (χ2v) is 7.62. The lowest BCUT2D eigenvalue weighted by atomic mass is 9.78. The van der Waals surface area contributed by atoms with Gasteiger partial charge in [-0.1, -0.05) is 36.4 Å². The molecule has 2 aliphatic rings. The molecule has 1 atom stereocenters. The fourth-order valence-electron chi connectivity index (χ4n) is 3.78. The average molecular weight is 410 g/mol. The van der Waals surface area contributed by atoms with Gasteiger partial charge in [-0.05, 0) is 36.4 Å². The van der Waals surface area contributed by atoms with Gasteiger partial charge < -0.3 is 30.2 Å². The van der Waals surface area contributed by atoms with E-state index in [1.165, 1.54) is 0 Å². The number of fused-ring (bicyclic) bond motifs is 1. The number of hydrogen-bond donors (Lipinski definition) is 3. The lowest BCUT2D eigenvalue weighted by Crippen LogP contribution is -2.60. The van der Waals surface area contributed by atoms with E-state index in [0.29, 0.717) is 32.3 Å². The molecular weight excluding hydrogens is 387 g/mol. The Hall–Kier alpha value is -3.04. The summed E-state index contributed by atoms with van der Waals surface area (Å²) in [5, 5.41) is 19.4. The number of nitrogens with zero attached hydrogens (tertiary/aromatic N) is 1. The van der Waals surface area contributed by atoms with E-state index in [1.54, 1.807) is 17.0 Å². The van der Waals surface area contributed by atoms with E-state index in [-0.39, 0.29) is 29.1 Å². The monoisotopic (exact) mass is 410 g/mol. The summed E-state index contributed by atoms with van der Waals surface area (Å²) >= 11 is 0. The molecule has 2 aromatic carbocycles. The first-order chi connectivity index (χ1) is 14.4. The first-order valence-corrected chi connectivity index (χ1v) is 9.91. The molecule has 30 heavy (non-hydrogen) atoms. The number of likely N-dealkylation sites (tertiary alicyclic amines) is 1. The molecule has 0 spiro atoms. The standard InChI is InChI=1S/C21H23BN2O6/c23-16(10-13-4-2-1-3-5-13)20(25)24-11-15(12-24)29-17-7-6-14-8-9-22(28)30-19(14)18(17)21(26)27/h1-7,15-16,28H,8-12,23H2,(H,26,27). The number of carboxylic acid groups (broad SMARTS) is 1. The van der Waals surface area contributed by atoms with Crippen LogP contribution >= 0.6 is 0 Å². The average Bonchev–Trinajstić information content (AvgIpc) is 2.69. The van der Waals surface area contributed by atoms with Gasteiger partial charge in [-0.3, -0.25) is 4.79 Å². The third kappa shape index (κ3) is 4.12. The number of carboxylic acids is 1. The van der Waals surface area contributed by atoms with Crippen molar-refractivity contribution < 1.29 is 29.1 Å². The summed E-state index contributed by atoms with van der Waals surface area (Å²) in [6.07, 6.45) is 1.06. The first-order valence-electron chi connectivity index (χ1n) is 9.91. The first kappa shape index (κ1) is 20.2. The van der Waals surface area contributed by atoms with Crippen LogP contribution in [0.5, 0.6) is 11.5 Å². The third-order valence-corrected chi connectivity index (χ3v) is 5.40. The van der Waals surface area contributed by atoms with Crippen LogP contribution in [0, 0.1) is 0 Å². The molecule has 8 nitrogen and oxygen atoms in total. The van der Waals surface area contributed by atoms with Crippen molar-refractivity contribution >= 4 is 19.0 Å². The summed E-state index contributed by atoms with van der Waals surface area (Å²) < 4.78 is 11.2. The van der Waals surface area contributed by atoms with Crippen LogP contribution in [0.2, 0.25) is 6.32 Å². The lowest BCUT2D eigenvalue weighted by molar-refractivity contribution is -0.141. The molecule has 2 aliphatic heterocycles. The second-order valence-electron chi connectivity index (χ2n) is 7.62. The molecule has 156 valence electrons. The van der Waals surface area contributed by atoms with Crippen LogP contribution in [0.4, 0.5) is 0 Å². The van der Waals surface area contributed by atoms with Crippen LogP contribution < -0.4 is 15.1 Å². The van der Waals surface area contributed by atoms with E-state index in [2.05, 4.69) is 0 Å². The molecule has 0 saturated carbocycles. The molecule has 0 aliphatic carbocycles. The maximum Gasteiger partial charge on any atom is 0.522 e. The predicted molar refractivity (Wildman–Crippen MR) is 110 cm³/mol. The van der Waals surface area contributed by atoms with Gasteiger partial charge in [0.15, 0.2) is 0 Å². The Morgan fingerprint density at radius 1 is 1.23 bits per heavy atom. The molecule has 0 bridgehead atoms. The molecule has 1 amide bonds. The van der Waals surface area contributed by atoms with Crippen molar-refractivity contribution in [3.63, 3.8) is 0 Å². The van der Waals surface area contributed by atoms with Crippen LogP contribution in [0.1, 0.15) is 21.5 Å². The lowest BCUT2D eigenvalue weighted by Gasteiger charge is -2.40. The number of aromatic carboxylic acids is 1. The fraction of sp³-hybridized carbons (Fsp3) is 0.333. The van der Waals surface area contributed by atoms with Crippen molar-refractivity contribution in [3.05, 3.63) is 59.2 Å². The zero-order chi connectivity index (χ0) is 21.3. The molecule has 0 radical (unpaired) electrons. The number of rotatable bonds is 6. The van der Waals surface area contributed by atoms with E-state index in [0.717, 1.165) is 11.1 Å². The number of carbonyl (C=O) groups is 2. The maximum atomic E-state index is 12.5. The Bertz CT molecular complexity index is 948. The number of hydrogen-bond acceptors (Lipinski definition) is 6. The Kier molecular flexibility index (Phi) is 5.65. The summed E-state index contributed by atoms with van der Waals surface area (Å²) in [7, 11) is -1.03. The van der Waals surface area contributed by atoms with Gasteiger partial charge in [-0.2, -0.15) is 0 Å². The minimum atomic E-state index is -1.19. The zero-order valence-electron chi connectivity index (χ0n) is 16.4. The minimum Gasteiger partial charge on any atom is -0.535 e. The third-order valence-electron chi connectivity index (χ3n) is 5.40. The topological polar surface area (TPSA) is 122 Å². The van der Waals surface area contributed by atoms with Crippen LogP contribution in [-0.4, -0.2) is 59.3 Å². The Labute approximate surface area is 174 Å². The number of ether oxygens (including phenoxy) is 1. The number of carbonyl (C=O) groups excluding carboxylic acids is 1. The van der Waals surface area contributed by atoms with Crippen molar-refractivity contribution in [1.82, 2.24) is 4.90 Å². The van der Waals surface area contributed by atoms with Gasteiger partial charge in [0.2, 0.25) is 5.91 Å². The smallest absolute Gasteiger partial charge is 0.522 e. The van der Waals surface area contributed by atoms with Crippen molar-refractivity contribution in [2.75, 3.05) is 13.1 Å². The highest BCUT2D eigenvalue weighted by atomic mass is 16.5. The number of aryl methyl sites for hydroxylation is 1. The number of nitrogens with two attached hydrogens (primary N) is 1. The normalized spacial score (nSPS) is 16.9. The summed E-state index contributed by atoms with van der Waals surface area (Å²) in [6.45, 7) is 0.669. The van der Waals surface area contributed by atoms with Gasteiger partial charge >= 0.3 is 13.1 Å². The van der Waals surface area contributed by atoms with E-state index >= 15 is 0 Å². The van der Waals surface area contributed by atoms with Crippen molar-refractivity contribution in [2.24, 2.45) is 5.73 Å². The summed E-state index contributed by atoms with van der Waals surface area (Å²) in [5.41, 5.74) is 7.68. The highest BCUT2D eigenvalue weighted by Gasteiger charge is 2.36. The molecule has 4 rings (SSSR count). The minimum absolute atomic E-state index is 0.100. The van der Waals surface area contributed by atoms with Crippen LogP contribution in [0.25, 0.3) is 0 Å². The fourth-order valence-corrected chi connectivity index (χ4v) is 3.78. The highest BCUT2D eigenvalue weighted by molar-refractivity contribution is 6.44. The Morgan fingerprint density at radius 3 is 2.67 bits per heavy atom. The van der Waals surface area contributed by atoms with Gasteiger partial charge in [0, 0.05) is 0 Å². The van der Waals surface area contributed by atoms with Gasteiger partial charge in [0.05, 0.1) is 19.1 Å². The van der Waals surface area contributed by atoms with E-state index in [9.17, 15) is 19.7 Å². The second kappa shape index (κ2) is 8.37. The predicted octanol–water partition coefficient (Wildman–Crippen LogP) is 0.960. The molecule has 2 heterocycles. The van der Waals surface area contributed by atoms with Gasteiger partial charge in [-0.15, -0.1) is 0 Å². The van der Waals surface area contributed by atoms with Crippen LogP contribution in [0.15, 0.2) is 42.5 Å². The SMILES string of the molecule is NC(Cc1ccccc1)C(=O)N1CC(Oc2ccc3c(c2C(=O)O)OB(O)CC3)C1. The highest BCUT2D eigenvalue weighted by Crippen LogP contribution is 2.37.